The number of nitrogens with one attached hydrogen (secondary N) is 1. The van der Waals surface area contributed by atoms with E-state index >= 15 is 0 Å². The van der Waals surface area contributed by atoms with Gasteiger partial charge in [0, 0.05) is 25.6 Å². The standard InChI is InChI=1S/C11H22N2O3/c12-13-11(14)4-2-1-3-6-15-8-10-5-7-16-9-10/h10H,1-9,12H2,(H,13,14). The van der Waals surface area contributed by atoms with E-state index in [9.17, 15) is 4.79 Å². The molecule has 0 spiro atoms. The van der Waals surface area contributed by atoms with Gasteiger partial charge in [0.15, 0.2) is 0 Å². The molecule has 0 aromatic heterocycles. The highest BCUT2D eigenvalue weighted by atomic mass is 16.5. The van der Waals surface area contributed by atoms with E-state index in [1.165, 1.54) is 0 Å². The lowest BCUT2D eigenvalue weighted by Gasteiger charge is -2.08. The molecule has 0 saturated carbocycles. The van der Waals surface area contributed by atoms with Crippen LogP contribution in [0.4, 0.5) is 0 Å². The molecule has 0 radical (unpaired) electrons. The van der Waals surface area contributed by atoms with Gasteiger partial charge in [-0.2, -0.15) is 0 Å². The van der Waals surface area contributed by atoms with E-state index in [1.54, 1.807) is 0 Å². The van der Waals surface area contributed by atoms with Crippen molar-refractivity contribution in [2.45, 2.75) is 32.1 Å². The molecule has 0 bridgehead atoms. The fraction of sp³-hybridized carbons (Fsp3) is 0.909. The number of hydrogen-bond acceptors (Lipinski definition) is 4. The summed E-state index contributed by atoms with van der Waals surface area (Å²) in [5.41, 5.74) is 2.12. The molecule has 1 rings (SSSR count). The quantitative estimate of drug-likeness (QED) is 0.277. The van der Waals surface area contributed by atoms with Crippen molar-refractivity contribution in [3.63, 3.8) is 0 Å². The van der Waals surface area contributed by atoms with Crippen molar-refractivity contribution in [1.82, 2.24) is 5.43 Å². The number of amides is 1. The lowest BCUT2D eigenvalue weighted by Crippen LogP contribution is -2.29. The van der Waals surface area contributed by atoms with Gasteiger partial charge < -0.3 is 9.47 Å². The molecule has 3 N–H and O–H groups in total. The van der Waals surface area contributed by atoms with Crippen molar-refractivity contribution in [2.75, 3.05) is 26.4 Å². The molecule has 0 aliphatic carbocycles. The van der Waals surface area contributed by atoms with Crippen LogP contribution < -0.4 is 11.3 Å². The van der Waals surface area contributed by atoms with Crippen LogP contribution in [0.3, 0.4) is 0 Å². The average Bonchev–Trinajstić information content (AvgIpc) is 2.80. The molecule has 5 nitrogen and oxygen atoms in total. The zero-order valence-corrected chi connectivity index (χ0v) is 9.74. The average molecular weight is 230 g/mol. The highest BCUT2D eigenvalue weighted by Crippen LogP contribution is 2.12. The van der Waals surface area contributed by atoms with Crippen molar-refractivity contribution in [2.24, 2.45) is 11.8 Å². The van der Waals surface area contributed by atoms with E-state index in [-0.39, 0.29) is 5.91 Å². The summed E-state index contributed by atoms with van der Waals surface area (Å²) in [6, 6.07) is 0. The summed E-state index contributed by atoms with van der Waals surface area (Å²) in [6.45, 7) is 3.31. The van der Waals surface area contributed by atoms with Gasteiger partial charge in [0.05, 0.1) is 13.2 Å². The third-order valence-electron chi connectivity index (χ3n) is 2.73. The lowest BCUT2D eigenvalue weighted by atomic mass is 10.1. The number of nitrogens with two attached hydrogens (primary N) is 1. The number of hydrazine groups is 1. The van der Waals surface area contributed by atoms with E-state index in [0.717, 1.165) is 52.1 Å². The Kier molecular flexibility index (Phi) is 7.12. The Labute approximate surface area is 96.6 Å². The second kappa shape index (κ2) is 8.50. The minimum Gasteiger partial charge on any atom is -0.381 e. The predicted octanol–water partition coefficient (Wildman–Crippen LogP) is 0.590. The maximum absolute atomic E-state index is 10.8. The summed E-state index contributed by atoms with van der Waals surface area (Å²) in [7, 11) is 0. The molecule has 0 aromatic carbocycles. The highest BCUT2D eigenvalue weighted by Gasteiger charge is 2.14. The molecule has 1 fully saturated rings. The van der Waals surface area contributed by atoms with Crippen LogP contribution in [0.2, 0.25) is 0 Å². The minimum atomic E-state index is -0.0935. The largest absolute Gasteiger partial charge is 0.381 e. The molecule has 16 heavy (non-hydrogen) atoms. The van der Waals surface area contributed by atoms with Gasteiger partial charge in [0.25, 0.3) is 0 Å². The lowest BCUT2D eigenvalue weighted by molar-refractivity contribution is -0.121. The SMILES string of the molecule is NNC(=O)CCCCCOCC1CCOC1. The summed E-state index contributed by atoms with van der Waals surface area (Å²) in [6.07, 6.45) is 4.52. The normalized spacial score (nSPS) is 19.9. The Hall–Kier alpha value is -0.650. The third kappa shape index (κ3) is 6.05. The number of carbonyl (C=O) groups is 1. The van der Waals surface area contributed by atoms with Gasteiger partial charge in [-0.25, -0.2) is 5.84 Å². The van der Waals surface area contributed by atoms with E-state index in [4.69, 9.17) is 15.3 Å². The molecule has 94 valence electrons. The van der Waals surface area contributed by atoms with Gasteiger partial charge in [-0.15, -0.1) is 0 Å². The first kappa shape index (κ1) is 13.4. The van der Waals surface area contributed by atoms with Gasteiger partial charge in [0.1, 0.15) is 0 Å². The molecule has 1 aliphatic rings. The van der Waals surface area contributed by atoms with E-state index < -0.39 is 0 Å². The van der Waals surface area contributed by atoms with Crippen LogP contribution in [0.1, 0.15) is 32.1 Å². The van der Waals surface area contributed by atoms with Crippen molar-refractivity contribution in [1.29, 1.82) is 0 Å². The van der Waals surface area contributed by atoms with Crippen molar-refractivity contribution in [3.8, 4) is 0 Å². The molecule has 1 heterocycles. The summed E-state index contributed by atoms with van der Waals surface area (Å²) < 4.78 is 10.8. The number of unbranched alkanes of at least 4 members (excludes halogenated alkanes) is 2. The Morgan fingerprint density at radius 2 is 2.31 bits per heavy atom. The number of hydrogen-bond donors (Lipinski definition) is 2. The number of ether oxygens (including phenoxy) is 2. The van der Waals surface area contributed by atoms with Crippen molar-refractivity contribution >= 4 is 5.91 Å². The molecule has 1 atom stereocenters. The Morgan fingerprint density at radius 1 is 1.44 bits per heavy atom. The van der Waals surface area contributed by atoms with Gasteiger partial charge in [-0.05, 0) is 19.3 Å². The molecule has 1 unspecified atom stereocenters. The monoisotopic (exact) mass is 230 g/mol. The summed E-state index contributed by atoms with van der Waals surface area (Å²) in [5.74, 6) is 5.46. The van der Waals surface area contributed by atoms with Gasteiger partial charge in [-0.1, -0.05) is 6.42 Å². The predicted molar refractivity (Wildman–Crippen MR) is 60.5 cm³/mol. The first-order chi connectivity index (χ1) is 7.83. The van der Waals surface area contributed by atoms with Crippen LogP contribution in [-0.4, -0.2) is 32.3 Å². The Balaban J connectivity index is 1.79. The van der Waals surface area contributed by atoms with Crippen molar-refractivity contribution < 1.29 is 14.3 Å². The fourth-order valence-corrected chi connectivity index (χ4v) is 1.70. The van der Waals surface area contributed by atoms with E-state index in [0.29, 0.717) is 12.3 Å². The maximum atomic E-state index is 10.8. The minimum absolute atomic E-state index is 0.0935. The molecular formula is C11H22N2O3. The van der Waals surface area contributed by atoms with Gasteiger partial charge in [-0.3, -0.25) is 10.2 Å². The number of carbonyl (C=O) groups excluding carboxylic acids is 1. The molecule has 0 aromatic rings. The van der Waals surface area contributed by atoms with Crippen LogP contribution in [0.15, 0.2) is 0 Å². The number of rotatable bonds is 8. The zero-order chi connectivity index (χ0) is 11.6. The van der Waals surface area contributed by atoms with Gasteiger partial charge >= 0.3 is 0 Å². The second-order valence-corrected chi connectivity index (χ2v) is 4.18. The topological polar surface area (TPSA) is 73.6 Å². The molecule has 1 aliphatic heterocycles. The van der Waals surface area contributed by atoms with Gasteiger partial charge in [0.2, 0.25) is 5.91 Å². The van der Waals surface area contributed by atoms with Crippen LogP contribution in [0.5, 0.6) is 0 Å². The second-order valence-electron chi connectivity index (χ2n) is 4.18. The van der Waals surface area contributed by atoms with Crippen LogP contribution >= 0.6 is 0 Å². The molecule has 5 heteroatoms. The Bertz CT molecular complexity index is 194. The first-order valence-electron chi connectivity index (χ1n) is 5.98. The fourth-order valence-electron chi connectivity index (χ4n) is 1.70. The van der Waals surface area contributed by atoms with E-state index in [1.807, 2.05) is 0 Å². The van der Waals surface area contributed by atoms with E-state index in [2.05, 4.69) is 5.43 Å². The summed E-state index contributed by atoms with van der Waals surface area (Å²) in [4.78, 5) is 10.8. The van der Waals surface area contributed by atoms with Crippen LogP contribution in [-0.2, 0) is 14.3 Å². The molecular weight excluding hydrogens is 208 g/mol. The van der Waals surface area contributed by atoms with Crippen LogP contribution in [0.25, 0.3) is 0 Å². The molecule has 1 amide bonds. The zero-order valence-electron chi connectivity index (χ0n) is 9.74. The third-order valence-corrected chi connectivity index (χ3v) is 2.73. The summed E-state index contributed by atoms with van der Waals surface area (Å²) in [5, 5.41) is 0. The summed E-state index contributed by atoms with van der Waals surface area (Å²) >= 11 is 0. The smallest absolute Gasteiger partial charge is 0.233 e. The molecule has 1 saturated heterocycles. The maximum Gasteiger partial charge on any atom is 0.233 e. The highest BCUT2D eigenvalue weighted by molar-refractivity contribution is 5.74. The Morgan fingerprint density at radius 3 is 3.00 bits per heavy atom. The van der Waals surface area contributed by atoms with Crippen LogP contribution in [0, 0.1) is 5.92 Å². The van der Waals surface area contributed by atoms with Crippen molar-refractivity contribution in [3.05, 3.63) is 0 Å². The first-order valence-corrected chi connectivity index (χ1v) is 5.98.